The van der Waals surface area contributed by atoms with Gasteiger partial charge in [0.25, 0.3) is 5.56 Å². The Hall–Kier alpha value is -2.09. The molecule has 0 aromatic carbocycles. The fourth-order valence-electron chi connectivity index (χ4n) is 1.22. The Balaban J connectivity index is 3.00. The molecule has 2 heterocycles. The molecule has 0 amide bonds. The SMILES string of the molecule is Cc1cc(=O)[nH]c2c(C#N)cnn12. The third kappa shape index (κ3) is 0.999. The highest BCUT2D eigenvalue weighted by molar-refractivity contribution is 5.53. The Bertz CT molecular complexity index is 558. The first-order chi connectivity index (χ1) is 6.22. The van der Waals surface area contributed by atoms with Crippen molar-refractivity contribution in [2.45, 2.75) is 6.92 Å². The maximum atomic E-state index is 11.1. The van der Waals surface area contributed by atoms with Crippen molar-refractivity contribution in [2.75, 3.05) is 0 Å². The van der Waals surface area contributed by atoms with Crippen molar-refractivity contribution in [1.82, 2.24) is 14.6 Å². The highest BCUT2D eigenvalue weighted by Gasteiger charge is 2.05. The molecule has 0 aliphatic carbocycles. The van der Waals surface area contributed by atoms with Crippen molar-refractivity contribution >= 4 is 5.65 Å². The average molecular weight is 174 g/mol. The first-order valence-corrected chi connectivity index (χ1v) is 3.70. The van der Waals surface area contributed by atoms with E-state index in [-0.39, 0.29) is 5.56 Å². The monoisotopic (exact) mass is 174 g/mol. The first kappa shape index (κ1) is 7.55. The van der Waals surface area contributed by atoms with E-state index < -0.39 is 0 Å². The van der Waals surface area contributed by atoms with Crippen LogP contribution in [0.15, 0.2) is 17.1 Å². The van der Waals surface area contributed by atoms with Crippen molar-refractivity contribution < 1.29 is 0 Å². The van der Waals surface area contributed by atoms with Crippen LogP contribution in [0.2, 0.25) is 0 Å². The number of aryl methyl sites for hydroxylation is 1. The zero-order valence-corrected chi connectivity index (χ0v) is 6.90. The molecular formula is C8H6N4O. The Kier molecular flexibility index (Phi) is 1.43. The topological polar surface area (TPSA) is 73.9 Å². The molecule has 2 aromatic heterocycles. The maximum Gasteiger partial charge on any atom is 0.251 e. The summed E-state index contributed by atoms with van der Waals surface area (Å²) in [5, 5.41) is 12.6. The van der Waals surface area contributed by atoms with Gasteiger partial charge in [-0.15, -0.1) is 0 Å². The van der Waals surface area contributed by atoms with Crippen molar-refractivity contribution in [1.29, 1.82) is 5.26 Å². The highest BCUT2D eigenvalue weighted by atomic mass is 16.1. The number of nitriles is 1. The van der Waals surface area contributed by atoms with E-state index in [0.717, 1.165) is 0 Å². The van der Waals surface area contributed by atoms with Gasteiger partial charge < -0.3 is 4.98 Å². The molecule has 1 N–H and O–H groups in total. The molecule has 13 heavy (non-hydrogen) atoms. The van der Waals surface area contributed by atoms with E-state index in [0.29, 0.717) is 16.9 Å². The Morgan fingerprint density at radius 2 is 2.46 bits per heavy atom. The van der Waals surface area contributed by atoms with E-state index in [1.165, 1.54) is 16.8 Å². The van der Waals surface area contributed by atoms with E-state index in [4.69, 9.17) is 5.26 Å². The van der Waals surface area contributed by atoms with Crippen LogP contribution in [0.4, 0.5) is 0 Å². The summed E-state index contributed by atoms with van der Waals surface area (Å²) in [6.45, 7) is 1.76. The summed E-state index contributed by atoms with van der Waals surface area (Å²) in [7, 11) is 0. The lowest BCUT2D eigenvalue weighted by Crippen LogP contribution is -2.09. The number of fused-ring (bicyclic) bond motifs is 1. The van der Waals surface area contributed by atoms with Crippen LogP contribution in [0.3, 0.4) is 0 Å². The molecule has 0 fully saturated rings. The normalized spacial score (nSPS) is 10.2. The average Bonchev–Trinajstić information content (AvgIpc) is 2.47. The molecule has 2 rings (SSSR count). The number of hydrogen-bond acceptors (Lipinski definition) is 3. The van der Waals surface area contributed by atoms with Gasteiger partial charge >= 0.3 is 0 Å². The molecule has 64 valence electrons. The summed E-state index contributed by atoms with van der Waals surface area (Å²) in [4.78, 5) is 13.6. The van der Waals surface area contributed by atoms with Crippen LogP contribution >= 0.6 is 0 Å². The van der Waals surface area contributed by atoms with Gasteiger partial charge in [-0.1, -0.05) is 0 Å². The third-order valence-electron chi connectivity index (χ3n) is 1.81. The zero-order valence-electron chi connectivity index (χ0n) is 6.90. The molecule has 0 radical (unpaired) electrons. The number of nitrogens with zero attached hydrogens (tertiary/aromatic N) is 3. The minimum Gasteiger partial charge on any atom is -0.306 e. The number of H-pyrrole nitrogens is 1. The van der Waals surface area contributed by atoms with Gasteiger partial charge in [-0.3, -0.25) is 4.79 Å². The van der Waals surface area contributed by atoms with Crippen LogP contribution in [-0.2, 0) is 0 Å². The molecule has 5 nitrogen and oxygen atoms in total. The zero-order chi connectivity index (χ0) is 9.42. The lowest BCUT2D eigenvalue weighted by molar-refractivity contribution is 0.887. The van der Waals surface area contributed by atoms with Crippen molar-refractivity contribution in [2.24, 2.45) is 0 Å². The molecule has 2 aromatic rings. The van der Waals surface area contributed by atoms with Crippen molar-refractivity contribution in [3.05, 3.63) is 33.9 Å². The molecule has 0 aliphatic rings. The van der Waals surface area contributed by atoms with E-state index in [1.54, 1.807) is 6.92 Å². The van der Waals surface area contributed by atoms with Gasteiger partial charge in [-0.25, -0.2) is 4.52 Å². The van der Waals surface area contributed by atoms with Crippen LogP contribution < -0.4 is 5.56 Å². The summed E-state index contributed by atoms with van der Waals surface area (Å²) >= 11 is 0. The van der Waals surface area contributed by atoms with Gasteiger partial charge in [-0.2, -0.15) is 10.4 Å². The summed E-state index contributed by atoms with van der Waals surface area (Å²) in [6, 6.07) is 3.38. The minimum absolute atomic E-state index is 0.220. The van der Waals surface area contributed by atoms with Gasteiger partial charge in [0, 0.05) is 11.8 Å². The van der Waals surface area contributed by atoms with Crippen LogP contribution in [0, 0.1) is 18.3 Å². The summed E-state index contributed by atoms with van der Waals surface area (Å²) in [6.07, 6.45) is 1.43. The van der Waals surface area contributed by atoms with E-state index in [9.17, 15) is 4.79 Å². The number of hydrogen-bond donors (Lipinski definition) is 1. The van der Waals surface area contributed by atoms with Crippen LogP contribution in [-0.4, -0.2) is 14.6 Å². The second kappa shape index (κ2) is 2.45. The summed E-state index contributed by atoms with van der Waals surface area (Å²) in [5.41, 5.74) is 1.32. The molecule has 0 saturated carbocycles. The van der Waals surface area contributed by atoms with Gasteiger partial charge in [-0.05, 0) is 6.92 Å². The Morgan fingerprint density at radius 1 is 1.69 bits per heavy atom. The first-order valence-electron chi connectivity index (χ1n) is 3.70. The summed E-state index contributed by atoms with van der Waals surface area (Å²) < 4.78 is 1.53. The molecule has 5 heteroatoms. The fourth-order valence-corrected chi connectivity index (χ4v) is 1.22. The third-order valence-corrected chi connectivity index (χ3v) is 1.81. The molecule has 0 atom stereocenters. The Morgan fingerprint density at radius 3 is 3.15 bits per heavy atom. The lowest BCUT2D eigenvalue weighted by atomic mass is 10.3. The van der Waals surface area contributed by atoms with Crippen molar-refractivity contribution in [3.63, 3.8) is 0 Å². The second-order valence-corrected chi connectivity index (χ2v) is 2.71. The largest absolute Gasteiger partial charge is 0.306 e. The molecule has 0 spiro atoms. The number of aromatic nitrogens is 3. The van der Waals surface area contributed by atoms with Crippen molar-refractivity contribution in [3.8, 4) is 6.07 Å². The van der Waals surface area contributed by atoms with E-state index >= 15 is 0 Å². The minimum atomic E-state index is -0.220. The quantitative estimate of drug-likeness (QED) is 0.620. The van der Waals surface area contributed by atoms with Crippen LogP contribution in [0.5, 0.6) is 0 Å². The predicted molar refractivity (Wildman–Crippen MR) is 45.3 cm³/mol. The number of aromatic amines is 1. The van der Waals surface area contributed by atoms with Gasteiger partial charge in [0.2, 0.25) is 0 Å². The fraction of sp³-hybridized carbons (Fsp3) is 0.125. The smallest absolute Gasteiger partial charge is 0.251 e. The number of rotatable bonds is 0. The second-order valence-electron chi connectivity index (χ2n) is 2.71. The molecule has 0 unspecified atom stereocenters. The van der Waals surface area contributed by atoms with Gasteiger partial charge in [0.15, 0.2) is 5.65 Å². The van der Waals surface area contributed by atoms with Crippen LogP contribution in [0.25, 0.3) is 5.65 Å². The van der Waals surface area contributed by atoms with Gasteiger partial charge in [0.05, 0.1) is 6.20 Å². The maximum absolute atomic E-state index is 11.1. The molecule has 0 saturated heterocycles. The molecule has 0 aliphatic heterocycles. The lowest BCUT2D eigenvalue weighted by Gasteiger charge is -1.96. The summed E-state index contributed by atoms with van der Waals surface area (Å²) in [5.74, 6) is 0. The van der Waals surface area contributed by atoms with Crippen LogP contribution in [0.1, 0.15) is 11.3 Å². The van der Waals surface area contributed by atoms with Gasteiger partial charge in [0.1, 0.15) is 11.6 Å². The number of nitrogens with one attached hydrogen (secondary N) is 1. The highest BCUT2D eigenvalue weighted by Crippen LogP contribution is 2.05. The molecule has 0 bridgehead atoms. The predicted octanol–water partition coefficient (Wildman–Crippen LogP) is 0.203. The van der Waals surface area contributed by atoms with E-state index in [1.807, 2.05) is 6.07 Å². The standard InChI is InChI=1S/C8H6N4O/c1-5-2-7(13)11-8-6(3-9)4-10-12(5)8/h2,4H,1H3,(H,11,13). The van der Waals surface area contributed by atoms with E-state index in [2.05, 4.69) is 10.1 Å². The molecular weight excluding hydrogens is 168 g/mol. The Labute approximate surface area is 73.2 Å².